The van der Waals surface area contributed by atoms with E-state index in [1.165, 1.54) is 18.2 Å². The van der Waals surface area contributed by atoms with Gasteiger partial charge in [0.1, 0.15) is 5.82 Å². The third-order valence-corrected chi connectivity index (χ3v) is 3.01. The highest BCUT2D eigenvalue weighted by Gasteiger charge is 2.04. The molecule has 0 saturated heterocycles. The van der Waals surface area contributed by atoms with E-state index in [1.807, 2.05) is 32.0 Å². The average Bonchev–Trinajstić information content (AvgIpc) is 2.41. The normalized spacial score (nSPS) is 10.8. The summed E-state index contributed by atoms with van der Waals surface area (Å²) in [6, 6.07) is 11.9. The number of benzene rings is 2. The van der Waals surface area contributed by atoms with Crippen LogP contribution in [0.1, 0.15) is 16.7 Å². The summed E-state index contributed by atoms with van der Waals surface area (Å²) in [4.78, 5) is 11.9. The maximum absolute atomic E-state index is 13.0. The van der Waals surface area contributed by atoms with Gasteiger partial charge in [-0.15, -0.1) is 0 Å². The van der Waals surface area contributed by atoms with Crippen molar-refractivity contribution in [2.45, 2.75) is 13.8 Å². The van der Waals surface area contributed by atoms with Gasteiger partial charge in [0.15, 0.2) is 0 Å². The Kier molecular flexibility index (Phi) is 4.31. The van der Waals surface area contributed by atoms with E-state index in [-0.39, 0.29) is 11.7 Å². The Morgan fingerprint density at radius 2 is 1.75 bits per heavy atom. The van der Waals surface area contributed by atoms with E-state index in [0.717, 1.165) is 16.8 Å². The lowest BCUT2D eigenvalue weighted by atomic mass is 10.1. The van der Waals surface area contributed by atoms with Crippen molar-refractivity contribution >= 4 is 17.7 Å². The minimum absolute atomic E-state index is 0.230. The monoisotopic (exact) mass is 269 g/mol. The van der Waals surface area contributed by atoms with Crippen molar-refractivity contribution in [3.63, 3.8) is 0 Å². The van der Waals surface area contributed by atoms with E-state index in [0.29, 0.717) is 5.56 Å². The number of para-hydroxylation sites is 1. The van der Waals surface area contributed by atoms with E-state index in [1.54, 1.807) is 18.2 Å². The zero-order valence-electron chi connectivity index (χ0n) is 11.5. The molecule has 2 aromatic rings. The van der Waals surface area contributed by atoms with Crippen molar-refractivity contribution in [1.82, 2.24) is 0 Å². The Labute approximate surface area is 118 Å². The molecule has 0 aromatic heterocycles. The predicted molar refractivity (Wildman–Crippen MR) is 80.0 cm³/mol. The van der Waals surface area contributed by atoms with Gasteiger partial charge in [0.05, 0.1) is 0 Å². The first-order chi connectivity index (χ1) is 9.56. The van der Waals surface area contributed by atoms with Crippen molar-refractivity contribution < 1.29 is 9.18 Å². The minimum atomic E-state index is -0.317. The van der Waals surface area contributed by atoms with Gasteiger partial charge in [-0.3, -0.25) is 4.79 Å². The van der Waals surface area contributed by atoms with Crippen molar-refractivity contribution in [1.29, 1.82) is 0 Å². The van der Waals surface area contributed by atoms with Crippen LogP contribution in [0.3, 0.4) is 0 Å². The molecule has 0 fully saturated rings. The van der Waals surface area contributed by atoms with Gasteiger partial charge in [-0.05, 0) is 48.7 Å². The number of carbonyl (C=O) groups is 1. The molecule has 0 unspecified atom stereocenters. The van der Waals surface area contributed by atoms with E-state index in [4.69, 9.17) is 0 Å². The summed E-state index contributed by atoms with van der Waals surface area (Å²) in [5, 5.41) is 2.84. The van der Waals surface area contributed by atoms with Crippen LogP contribution in [0.4, 0.5) is 10.1 Å². The lowest BCUT2D eigenvalue weighted by molar-refractivity contribution is -0.111. The van der Waals surface area contributed by atoms with Crippen LogP contribution in [0.2, 0.25) is 0 Å². The molecule has 0 aliphatic carbocycles. The van der Waals surface area contributed by atoms with Crippen LogP contribution in [0, 0.1) is 19.7 Å². The molecule has 0 heterocycles. The topological polar surface area (TPSA) is 29.1 Å². The highest BCUT2D eigenvalue weighted by atomic mass is 19.1. The zero-order valence-corrected chi connectivity index (χ0v) is 11.5. The van der Waals surface area contributed by atoms with Gasteiger partial charge >= 0.3 is 0 Å². The van der Waals surface area contributed by atoms with Crippen molar-refractivity contribution in [2.24, 2.45) is 0 Å². The molecule has 1 N–H and O–H groups in total. The Balaban J connectivity index is 2.10. The fraction of sp³-hybridized carbons (Fsp3) is 0.118. The quantitative estimate of drug-likeness (QED) is 0.835. The molecule has 0 aliphatic heterocycles. The molecular weight excluding hydrogens is 253 g/mol. The van der Waals surface area contributed by atoms with E-state index >= 15 is 0 Å². The maximum atomic E-state index is 13.0. The Morgan fingerprint density at radius 1 is 1.10 bits per heavy atom. The molecule has 20 heavy (non-hydrogen) atoms. The molecule has 3 heteroatoms. The van der Waals surface area contributed by atoms with Crippen molar-refractivity contribution in [3.05, 3.63) is 71.0 Å². The number of rotatable bonds is 3. The number of anilines is 1. The molecule has 2 aromatic carbocycles. The number of hydrogen-bond donors (Lipinski definition) is 1. The first-order valence-corrected chi connectivity index (χ1v) is 6.37. The SMILES string of the molecule is Cc1cccc(C)c1NC(=O)C=Cc1cccc(F)c1. The predicted octanol–water partition coefficient (Wildman–Crippen LogP) is 4.09. The number of carbonyl (C=O) groups excluding carboxylic acids is 1. The summed E-state index contributed by atoms with van der Waals surface area (Å²) >= 11 is 0. The second-order valence-electron chi connectivity index (χ2n) is 4.64. The van der Waals surface area contributed by atoms with Crippen LogP contribution in [0.25, 0.3) is 6.08 Å². The fourth-order valence-electron chi connectivity index (χ4n) is 1.96. The third kappa shape index (κ3) is 3.54. The zero-order chi connectivity index (χ0) is 14.5. The molecule has 0 spiro atoms. The van der Waals surface area contributed by atoms with Crippen molar-refractivity contribution in [2.75, 3.05) is 5.32 Å². The van der Waals surface area contributed by atoms with Gasteiger partial charge in [0, 0.05) is 11.8 Å². The van der Waals surface area contributed by atoms with Crippen LogP contribution in [0.15, 0.2) is 48.5 Å². The lowest BCUT2D eigenvalue weighted by Crippen LogP contribution is -2.10. The van der Waals surface area contributed by atoms with Gasteiger partial charge in [0.25, 0.3) is 0 Å². The molecule has 0 saturated carbocycles. The second kappa shape index (κ2) is 6.15. The van der Waals surface area contributed by atoms with Gasteiger partial charge < -0.3 is 5.32 Å². The largest absolute Gasteiger partial charge is 0.322 e. The molecular formula is C17H16FNO. The fourth-order valence-corrected chi connectivity index (χ4v) is 1.96. The Bertz CT molecular complexity index is 642. The molecule has 0 bridgehead atoms. The third-order valence-electron chi connectivity index (χ3n) is 3.01. The van der Waals surface area contributed by atoms with Crippen LogP contribution in [-0.2, 0) is 4.79 Å². The molecule has 102 valence electrons. The summed E-state index contributed by atoms with van der Waals surface area (Å²) in [6.07, 6.45) is 2.99. The molecule has 0 aliphatic rings. The highest BCUT2D eigenvalue weighted by molar-refractivity contribution is 6.02. The summed E-state index contributed by atoms with van der Waals surface area (Å²) in [5.74, 6) is -0.547. The van der Waals surface area contributed by atoms with Gasteiger partial charge in [0.2, 0.25) is 5.91 Å². The Hall–Kier alpha value is -2.42. The first kappa shape index (κ1) is 14.0. The summed E-state index contributed by atoms with van der Waals surface area (Å²) < 4.78 is 13.0. The van der Waals surface area contributed by atoms with Crippen LogP contribution < -0.4 is 5.32 Å². The molecule has 2 rings (SSSR count). The van der Waals surface area contributed by atoms with E-state index in [2.05, 4.69) is 5.32 Å². The van der Waals surface area contributed by atoms with Crippen LogP contribution >= 0.6 is 0 Å². The van der Waals surface area contributed by atoms with Gasteiger partial charge in [-0.2, -0.15) is 0 Å². The minimum Gasteiger partial charge on any atom is -0.322 e. The van der Waals surface area contributed by atoms with E-state index < -0.39 is 0 Å². The first-order valence-electron chi connectivity index (χ1n) is 6.37. The van der Waals surface area contributed by atoms with Gasteiger partial charge in [-0.1, -0.05) is 30.3 Å². The standard InChI is InChI=1S/C17H16FNO/c1-12-5-3-6-13(2)17(12)19-16(20)10-9-14-7-4-8-15(18)11-14/h3-11H,1-2H3,(H,19,20). The number of aryl methyl sites for hydroxylation is 2. The van der Waals surface area contributed by atoms with Gasteiger partial charge in [-0.25, -0.2) is 4.39 Å². The summed E-state index contributed by atoms with van der Waals surface area (Å²) in [7, 11) is 0. The molecule has 0 radical (unpaired) electrons. The smallest absolute Gasteiger partial charge is 0.248 e. The number of hydrogen-bond acceptors (Lipinski definition) is 1. The lowest BCUT2D eigenvalue weighted by Gasteiger charge is -2.09. The molecule has 1 amide bonds. The van der Waals surface area contributed by atoms with E-state index in [9.17, 15) is 9.18 Å². The number of halogens is 1. The average molecular weight is 269 g/mol. The molecule has 2 nitrogen and oxygen atoms in total. The van der Waals surface area contributed by atoms with Crippen LogP contribution in [-0.4, -0.2) is 5.91 Å². The second-order valence-corrected chi connectivity index (χ2v) is 4.64. The number of amides is 1. The summed E-state index contributed by atoms with van der Waals surface area (Å²) in [6.45, 7) is 3.89. The Morgan fingerprint density at radius 3 is 2.40 bits per heavy atom. The number of nitrogens with one attached hydrogen (secondary N) is 1. The van der Waals surface area contributed by atoms with Crippen LogP contribution in [0.5, 0.6) is 0 Å². The highest BCUT2D eigenvalue weighted by Crippen LogP contribution is 2.19. The van der Waals surface area contributed by atoms with Crippen molar-refractivity contribution in [3.8, 4) is 0 Å². The summed E-state index contributed by atoms with van der Waals surface area (Å²) in [5.41, 5.74) is 3.50. The molecule has 0 atom stereocenters. The maximum Gasteiger partial charge on any atom is 0.248 e.